The van der Waals surface area contributed by atoms with Gasteiger partial charge in [-0.1, -0.05) is 0 Å². The predicted molar refractivity (Wildman–Crippen MR) is 88.6 cm³/mol. The number of fused-ring (bicyclic) bond motifs is 1. The molecule has 3 aliphatic rings. The van der Waals surface area contributed by atoms with Crippen LogP contribution in [0.5, 0.6) is 11.5 Å². The van der Waals surface area contributed by atoms with E-state index in [1.54, 1.807) is 23.1 Å². The second-order valence-electron chi connectivity index (χ2n) is 6.52. The van der Waals surface area contributed by atoms with Crippen molar-refractivity contribution in [2.45, 2.75) is 25.3 Å². The van der Waals surface area contributed by atoms with Crippen molar-refractivity contribution in [3.05, 3.63) is 23.8 Å². The molecule has 0 unspecified atom stereocenters. The average Bonchev–Trinajstić information content (AvgIpc) is 3.15. The minimum Gasteiger partial charge on any atom is -0.454 e. The predicted octanol–water partition coefficient (Wildman–Crippen LogP) is 1.27. The van der Waals surface area contributed by atoms with Crippen molar-refractivity contribution in [1.82, 2.24) is 9.80 Å². The first-order valence-electron chi connectivity index (χ1n) is 8.81. The maximum Gasteiger partial charge on any atom is 0.254 e. The van der Waals surface area contributed by atoms with E-state index in [0.29, 0.717) is 56.3 Å². The maximum atomic E-state index is 13.0. The fourth-order valence-electron chi connectivity index (χ4n) is 3.62. The number of benzene rings is 1. The number of likely N-dealkylation sites (tertiary alicyclic amines) is 1. The quantitative estimate of drug-likeness (QED) is 0.807. The van der Waals surface area contributed by atoms with Crippen LogP contribution >= 0.6 is 0 Å². The van der Waals surface area contributed by atoms with Crippen molar-refractivity contribution < 1.29 is 23.8 Å². The molecule has 3 heterocycles. The lowest BCUT2D eigenvalue weighted by Crippen LogP contribution is -2.55. The van der Waals surface area contributed by atoms with E-state index in [0.717, 1.165) is 12.8 Å². The molecule has 2 fully saturated rings. The van der Waals surface area contributed by atoms with Gasteiger partial charge in [-0.05, 0) is 37.5 Å². The van der Waals surface area contributed by atoms with Crippen LogP contribution in [-0.4, -0.2) is 67.3 Å². The molecular formula is C18H22N2O5. The maximum absolute atomic E-state index is 13.0. The van der Waals surface area contributed by atoms with Crippen molar-refractivity contribution in [2.75, 3.05) is 39.6 Å². The normalized spacial score (nSPS) is 22.8. The standard InChI is InChI=1S/C18H22N2O5/c21-17(13-4-5-15-16(11-13)25-12-24-15)20-6-2-1-3-14(20)18(22)19-7-9-23-10-8-19/h4-5,11,14H,1-3,6-10,12H2/t14-/m0/s1. The van der Waals surface area contributed by atoms with Gasteiger partial charge in [0.15, 0.2) is 11.5 Å². The molecule has 25 heavy (non-hydrogen) atoms. The Balaban J connectivity index is 1.53. The summed E-state index contributed by atoms with van der Waals surface area (Å²) in [6, 6.07) is 4.80. The van der Waals surface area contributed by atoms with Gasteiger partial charge in [0.1, 0.15) is 6.04 Å². The number of carbonyl (C=O) groups excluding carboxylic acids is 2. The summed E-state index contributed by atoms with van der Waals surface area (Å²) in [7, 11) is 0. The highest BCUT2D eigenvalue weighted by Crippen LogP contribution is 2.33. The van der Waals surface area contributed by atoms with Crippen molar-refractivity contribution >= 4 is 11.8 Å². The van der Waals surface area contributed by atoms with Gasteiger partial charge in [-0.3, -0.25) is 9.59 Å². The molecule has 0 bridgehead atoms. The Hall–Kier alpha value is -2.28. The fraction of sp³-hybridized carbons (Fsp3) is 0.556. The number of morpholine rings is 1. The molecule has 0 aliphatic carbocycles. The molecule has 2 saturated heterocycles. The topological polar surface area (TPSA) is 68.3 Å². The second kappa shape index (κ2) is 6.92. The third-order valence-electron chi connectivity index (χ3n) is 4.99. The Labute approximate surface area is 146 Å². The zero-order valence-electron chi connectivity index (χ0n) is 14.1. The van der Waals surface area contributed by atoms with Crippen LogP contribution in [0.4, 0.5) is 0 Å². The molecule has 0 spiro atoms. The van der Waals surface area contributed by atoms with Gasteiger partial charge in [-0.15, -0.1) is 0 Å². The fourth-order valence-corrected chi connectivity index (χ4v) is 3.62. The van der Waals surface area contributed by atoms with E-state index in [1.165, 1.54) is 0 Å². The molecule has 1 aromatic carbocycles. The monoisotopic (exact) mass is 346 g/mol. The van der Waals surface area contributed by atoms with E-state index in [1.807, 2.05) is 4.90 Å². The van der Waals surface area contributed by atoms with Gasteiger partial charge in [0.05, 0.1) is 13.2 Å². The molecule has 7 nitrogen and oxygen atoms in total. The van der Waals surface area contributed by atoms with Gasteiger partial charge in [-0.2, -0.15) is 0 Å². The lowest BCUT2D eigenvalue weighted by molar-refractivity contribution is -0.141. The molecule has 3 aliphatic heterocycles. The largest absolute Gasteiger partial charge is 0.454 e. The van der Waals surface area contributed by atoms with Crippen LogP contribution in [-0.2, 0) is 9.53 Å². The summed E-state index contributed by atoms with van der Waals surface area (Å²) in [5.74, 6) is 1.15. The number of nitrogens with zero attached hydrogens (tertiary/aromatic N) is 2. The molecule has 0 aromatic heterocycles. The highest BCUT2D eigenvalue weighted by molar-refractivity contribution is 5.98. The van der Waals surface area contributed by atoms with Crippen molar-refractivity contribution in [3.63, 3.8) is 0 Å². The zero-order valence-corrected chi connectivity index (χ0v) is 14.1. The lowest BCUT2D eigenvalue weighted by atomic mass is 9.99. The van der Waals surface area contributed by atoms with Crippen LogP contribution in [0.25, 0.3) is 0 Å². The van der Waals surface area contributed by atoms with E-state index >= 15 is 0 Å². The summed E-state index contributed by atoms with van der Waals surface area (Å²) >= 11 is 0. The van der Waals surface area contributed by atoms with Crippen molar-refractivity contribution in [1.29, 1.82) is 0 Å². The van der Waals surface area contributed by atoms with E-state index < -0.39 is 0 Å². The first-order valence-corrected chi connectivity index (χ1v) is 8.81. The highest BCUT2D eigenvalue weighted by atomic mass is 16.7. The minimum absolute atomic E-state index is 0.0390. The number of ether oxygens (including phenoxy) is 3. The van der Waals surface area contributed by atoms with Gasteiger partial charge in [0.25, 0.3) is 5.91 Å². The first-order chi connectivity index (χ1) is 12.2. The first kappa shape index (κ1) is 16.2. The highest BCUT2D eigenvalue weighted by Gasteiger charge is 2.36. The lowest BCUT2D eigenvalue weighted by Gasteiger charge is -2.38. The minimum atomic E-state index is -0.384. The molecule has 4 rings (SSSR count). The van der Waals surface area contributed by atoms with Gasteiger partial charge < -0.3 is 24.0 Å². The number of hydrogen-bond donors (Lipinski definition) is 0. The van der Waals surface area contributed by atoms with Gasteiger partial charge in [0.2, 0.25) is 12.7 Å². The van der Waals surface area contributed by atoms with Crippen LogP contribution in [0.1, 0.15) is 29.6 Å². The summed E-state index contributed by atoms with van der Waals surface area (Å²) in [5.41, 5.74) is 0.533. The van der Waals surface area contributed by atoms with Crippen LogP contribution in [0.2, 0.25) is 0 Å². The van der Waals surface area contributed by atoms with Crippen molar-refractivity contribution in [3.8, 4) is 11.5 Å². The molecular weight excluding hydrogens is 324 g/mol. The molecule has 0 saturated carbocycles. The molecule has 1 aromatic rings. The summed E-state index contributed by atoms with van der Waals surface area (Å²) < 4.78 is 16.0. The molecule has 7 heteroatoms. The summed E-state index contributed by atoms with van der Waals surface area (Å²) in [6.45, 7) is 3.11. The van der Waals surface area contributed by atoms with E-state index in [-0.39, 0.29) is 24.6 Å². The van der Waals surface area contributed by atoms with Crippen LogP contribution in [0.15, 0.2) is 18.2 Å². The number of hydrogen-bond acceptors (Lipinski definition) is 5. The zero-order chi connectivity index (χ0) is 17.2. The molecule has 0 N–H and O–H groups in total. The van der Waals surface area contributed by atoms with E-state index in [9.17, 15) is 9.59 Å². The van der Waals surface area contributed by atoms with Crippen molar-refractivity contribution in [2.24, 2.45) is 0 Å². The average molecular weight is 346 g/mol. The smallest absolute Gasteiger partial charge is 0.254 e. The Bertz CT molecular complexity index is 671. The third kappa shape index (κ3) is 3.16. The number of amides is 2. The molecule has 134 valence electrons. The third-order valence-corrected chi connectivity index (χ3v) is 4.99. The van der Waals surface area contributed by atoms with E-state index in [2.05, 4.69) is 0 Å². The van der Waals surface area contributed by atoms with E-state index in [4.69, 9.17) is 14.2 Å². The Morgan fingerprint density at radius 3 is 2.64 bits per heavy atom. The summed E-state index contributed by atoms with van der Waals surface area (Å²) in [5, 5.41) is 0. The van der Waals surface area contributed by atoms with Crippen LogP contribution < -0.4 is 9.47 Å². The Morgan fingerprint density at radius 1 is 1.00 bits per heavy atom. The van der Waals surface area contributed by atoms with Crippen LogP contribution in [0.3, 0.4) is 0 Å². The Morgan fingerprint density at radius 2 is 1.80 bits per heavy atom. The van der Waals surface area contributed by atoms with Gasteiger partial charge >= 0.3 is 0 Å². The number of rotatable bonds is 2. The van der Waals surface area contributed by atoms with Gasteiger partial charge in [0, 0.05) is 25.2 Å². The molecule has 2 amide bonds. The molecule has 0 radical (unpaired) electrons. The second-order valence-corrected chi connectivity index (χ2v) is 6.52. The SMILES string of the molecule is O=C([C@@H]1CCCCN1C(=O)c1ccc2c(c1)OCO2)N1CCOCC1. The summed E-state index contributed by atoms with van der Waals surface area (Å²) in [6.07, 6.45) is 2.60. The van der Waals surface area contributed by atoms with Gasteiger partial charge in [-0.25, -0.2) is 0 Å². The number of carbonyl (C=O) groups is 2. The van der Waals surface area contributed by atoms with Crippen LogP contribution in [0, 0.1) is 0 Å². The summed E-state index contributed by atoms with van der Waals surface area (Å²) in [4.78, 5) is 29.5. The number of piperidine rings is 1. The Kier molecular flexibility index (Phi) is 4.48. The molecule has 1 atom stereocenters.